The van der Waals surface area contributed by atoms with Crippen LogP contribution in [-0.4, -0.2) is 14.5 Å². The third-order valence-corrected chi connectivity index (χ3v) is 4.59. The van der Waals surface area contributed by atoms with Gasteiger partial charge in [0.1, 0.15) is 12.1 Å². The van der Waals surface area contributed by atoms with Crippen molar-refractivity contribution in [2.24, 2.45) is 0 Å². The average molecular weight is 349 g/mol. The van der Waals surface area contributed by atoms with Crippen LogP contribution in [0.4, 0.5) is 0 Å². The Morgan fingerprint density at radius 1 is 1.19 bits per heavy atom. The third kappa shape index (κ3) is 2.14. The molecule has 0 bridgehead atoms. The molecule has 5 rings (SSSR count). The molecule has 0 radical (unpaired) electrons. The molecule has 0 N–H and O–H groups in total. The van der Waals surface area contributed by atoms with Crippen LogP contribution in [0.5, 0.6) is 5.75 Å². The Labute approximate surface area is 147 Å². The van der Waals surface area contributed by atoms with Gasteiger partial charge in [-0.1, -0.05) is 0 Å². The van der Waals surface area contributed by atoms with Gasteiger partial charge in [-0.05, 0) is 44.2 Å². The second-order valence-corrected chi connectivity index (χ2v) is 6.56. The Morgan fingerprint density at radius 2 is 2.08 bits per heavy atom. The maximum Gasteiger partial charge on any atom is 0.348 e. The van der Waals surface area contributed by atoms with E-state index in [1.54, 1.807) is 4.57 Å². The lowest BCUT2D eigenvalue weighted by molar-refractivity contribution is -0.194. The van der Waals surface area contributed by atoms with E-state index < -0.39 is 0 Å². The molecule has 0 unspecified atom stereocenters. The zero-order chi connectivity index (χ0) is 17.8. The topological polar surface area (TPSA) is 79.4 Å². The molecular weight excluding hydrogens is 334 g/mol. The Hall–Kier alpha value is -3.19. The summed E-state index contributed by atoms with van der Waals surface area (Å²) in [6.07, 6.45) is 1.40. The van der Waals surface area contributed by atoms with Gasteiger partial charge in [0.15, 0.2) is 17.7 Å². The first-order chi connectivity index (χ1) is 12.6. The second-order valence-electron chi connectivity index (χ2n) is 6.56. The molecule has 1 aliphatic rings. The van der Waals surface area contributed by atoms with Gasteiger partial charge >= 0.3 is 5.69 Å². The van der Waals surface area contributed by atoms with Crippen molar-refractivity contribution >= 4 is 22.0 Å². The summed E-state index contributed by atoms with van der Waals surface area (Å²) < 4.78 is 6.98. The zero-order valence-electron chi connectivity index (χ0n) is 14.2. The van der Waals surface area contributed by atoms with Crippen molar-refractivity contribution in [2.45, 2.75) is 26.5 Å². The molecule has 7 nitrogen and oxygen atoms in total. The van der Waals surface area contributed by atoms with Crippen molar-refractivity contribution in [3.05, 3.63) is 52.8 Å². The summed E-state index contributed by atoms with van der Waals surface area (Å²) in [5.74, 6) is 0.650. The number of nitrogens with zero attached hydrogens (tertiary/aromatic N) is 3. The summed E-state index contributed by atoms with van der Waals surface area (Å²) in [5.41, 5.74) is 4.21. The van der Waals surface area contributed by atoms with Crippen LogP contribution >= 0.6 is 0 Å². The highest BCUT2D eigenvalue weighted by Gasteiger charge is 2.21. The van der Waals surface area contributed by atoms with Crippen LogP contribution in [0.2, 0.25) is 0 Å². The fraction of sp³-hybridized carbons (Fsp3) is 0.211. The van der Waals surface area contributed by atoms with Crippen molar-refractivity contribution in [2.75, 3.05) is 0 Å². The maximum atomic E-state index is 12.7. The van der Waals surface area contributed by atoms with E-state index in [1.165, 1.54) is 6.39 Å². The SMILES string of the molecule is CC(C)n1c(=O)nc(-c2ccc3ocnc3c2)c2cc3c(cc21)COO3. The molecule has 26 heavy (non-hydrogen) atoms. The molecule has 0 spiro atoms. The van der Waals surface area contributed by atoms with Crippen LogP contribution in [0.1, 0.15) is 25.5 Å². The summed E-state index contributed by atoms with van der Waals surface area (Å²) in [5, 5.41) is 0.824. The van der Waals surface area contributed by atoms with Crippen LogP contribution in [0, 0.1) is 0 Å². The standard InChI is InChI=1S/C19H15N3O4/c1-10(2)22-15-6-12-8-25-26-17(12)7-13(15)18(21-19(22)23)11-3-4-16-14(5-11)20-9-24-16/h3-7,9-10H,8H2,1-2H3. The second kappa shape index (κ2) is 5.40. The highest BCUT2D eigenvalue weighted by Crippen LogP contribution is 2.35. The first-order valence-corrected chi connectivity index (χ1v) is 8.34. The number of aromatic nitrogens is 3. The molecule has 0 saturated carbocycles. The van der Waals surface area contributed by atoms with E-state index >= 15 is 0 Å². The van der Waals surface area contributed by atoms with Crippen LogP contribution < -0.4 is 10.6 Å². The molecule has 130 valence electrons. The summed E-state index contributed by atoms with van der Waals surface area (Å²) in [6, 6.07) is 9.37. The molecule has 4 aromatic rings. The van der Waals surface area contributed by atoms with Crippen molar-refractivity contribution in [1.82, 2.24) is 14.5 Å². The first-order valence-electron chi connectivity index (χ1n) is 8.34. The molecular formula is C19H15N3O4. The van der Waals surface area contributed by atoms with E-state index in [0.29, 0.717) is 29.2 Å². The molecule has 2 aromatic heterocycles. The molecule has 3 heterocycles. The van der Waals surface area contributed by atoms with E-state index in [9.17, 15) is 4.79 Å². The molecule has 0 fully saturated rings. The number of hydrogen-bond acceptors (Lipinski definition) is 6. The maximum absolute atomic E-state index is 12.7. The molecule has 0 amide bonds. The Morgan fingerprint density at radius 3 is 2.92 bits per heavy atom. The quantitative estimate of drug-likeness (QED) is 0.514. The molecule has 1 aliphatic heterocycles. The van der Waals surface area contributed by atoms with Gasteiger partial charge in [-0.25, -0.2) is 9.78 Å². The van der Waals surface area contributed by atoms with Gasteiger partial charge in [0.2, 0.25) is 0 Å². The summed E-state index contributed by atoms with van der Waals surface area (Å²) in [7, 11) is 0. The van der Waals surface area contributed by atoms with E-state index in [0.717, 1.165) is 22.0 Å². The number of hydrogen-bond donors (Lipinski definition) is 0. The number of benzene rings is 2. The first kappa shape index (κ1) is 15.1. The average Bonchev–Trinajstić information content (AvgIpc) is 3.26. The highest BCUT2D eigenvalue weighted by molar-refractivity contribution is 5.95. The highest BCUT2D eigenvalue weighted by atomic mass is 17.2. The van der Waals surface area contributed by atoms with E-state index in [4.69, 9.17) is 14.2 Å². The van der Waals surface area contributed by atoms with E-state index in [1.807, 2.05) is 44.2 Å². The fourth-order valence-electron chi connectivity index (χ4n) is 3.38. The predicted octanol–water partition coefficient (Wildman–Crippen LogP) is 3.61. The van der Waals surface area contributed by atoms with Crippen molar-refractivity contribution < 1.29 is 14.2 Å². The number of rotatable bonds is 2. The lowest BCUT2D eigenvalue weighted by Crippen LogP contribution is -2.25. The molecule has 2 aromatic carbocycles. The smallest absolute Gasteiger partial charge is 0.348 e. The van der Waals surface area contributed by atoms with Gasteiger partial charge in [0.25, 0.3) is 0 Å². The van der Waals surface area contributed by atoms with Crippen LogP contribution in [0.3, 0.4) is 0 Å². The minimum Gasteiger partial charge on any atom is -0.443 e. The van der Waals surface area contributed by atoms with Gasteiger partial charge in [-0.15, -0.1) is 0 Å². The van der Waals surface area contributed by atoms with E-state index in [2.05, 4.69) is 9.97 Å². The van der Waals surface area contributed by atoms with Crippen molar-refractivity contribution in [3.8, 4) is 17.0 Å². The Bertz CT molecular complexity index is 1220. The summed E-state index contributed by atoms with van der Waals surface area (Å²) in [4.78, 5) is 31.6. The number of fused-ring (bicyclic) bond motifs is 3. The molecule has 0 aliphatic carbocycles. The minimum atomic E-state index is -0.289. The molecule has 7 heteroatoms. The van der Waals surface area contributed by atoms with Gasteiger partial charge in [0.05, 0.1) is 11.2 Å². The summed E-state index contributed by atoms with van der Waals surface area (Å²) >= 11 is 0. The monoisotopic (exact) mass is 349 g/mol. The van der Waals surface area contributed by atoms with Crippen LogP contribution in [0.25, 0.3) is 33.3 Å². The van der Waals surface area contributed by atoms with Crippen molar-refractivity contribution in [3.63, 3.8) is 0 Å². The van der Waals surface area contributed by atoms with E-state index in [-0.39, 0.29) is 11.7 Å². The third-order valence-electron chi connectivity index (χ3n) is 4.59. The predicted molar refractivity (Wildman–Crippen MR) is 94.8 cm³/mol. The van der Waals surface area contributed by atoms with Crippen molar-refractivity contribution in [1.29, 1.82) is 0 Å². The zero-order valence-corrected chi connectivity index (χ0v) is 14.2. The molecule has 0 atom stereocenters. The fourth-order valence-corrected chi connectivity index (χ4v) is 3.38. The van der Waals surface area contributed by atoms with Gasteiger partial charge in [-0.2, -0.15) is 9.87 Å². The minimum absolute atomic E-state index is 0.0224. The van der Waals surface area contributed by atoms with Gasteiger partial charge in [0, 0.05) is 22.6 Å². The van der Waals surface area contributed by atoms with Crippen LogP contribution in [0.15, 0.2) is 45.9 Å². The lowest BCUT2D eigenvalue weighted by Gasteiger charge is -2.16. The van der Waals surface area contributed by atoms with Crippen LogP contribution in [-0.2, 0) is 11.5 Å². The number of oxazole rings is 1. The lowest BCUT2D eigenvalue weighted by atomic mass is 10.0. The van der Waals surface area contributed by atoms with Gasteiger partial charge in [-0.3, -0.25) is 4.57 Å². The van der Waals surface area contributed by atoms with Gasteiger partial charge < -0.3 is 9.30 Å². The molecule has 0 saturated heterocycles. The Balaban J connectivity index is 1.87. The largest absolute Gasteiger partial charge is 0.443 e. The summed E-state index contributed by atoms with van der Waals surface area (Å²) in [6.45, 7) is 4.29. The Kier molecular flexibility index (Phi) is 3.14. The normalized spacial score (nSPS) is 13.5.